The highest BCUT2D eigenvalue weighted by molar-refractivity contribution is 6.05. The maximum Gasteiger partial charge on any atom is 0.259 e. The fourth-order valence-corrected chi connectivity index (χ4v) is 2.69. The van der Waals surface area contributed by atoms with Crippen LogP contribution in [0.2, 0.25) is 0 Å². The number of nitrogens with one attached hydrogen (secondary N) is 1. The smallest absolute Gasteiger partial charge is 0.259 e. The van der Waals surface area contributed by atoms with Gasteiger partial charge in [-0.25, -0.2) is 0 Å². The average Bonchev–Trinajstić information content (AvgIpc) is 3.03. The van der Waals surface area contributed by atoms with E-state index in [2.05, 4.69) is 27.6 Å². The number of amides is 1. The summed E-state index contributed by atoms with van der Waals surface area (Å²) in [5, 5.41) is 11.7. The van der Waals surface area contributed by atoms with Crippen LogP contribution in [0.5, 0.6) is 0 Å². The van der Waals surface area contributed by atoms with Crippen LogP contribution in [0.4, 0.5) is 5.69 Å². The Labute approximate surface area is 141 Å². The molecule has 0 spiro atoms. The minimum Gasteiger partial charge on any atom is -0.319 e. The molecular weight excluding hydrogens is 302 g/mol. The molecule has 3 aromatic rings. The van der Waals surface area contributed by atoms with E-state index in [4.69, 9.17) is 0 Å². The molecule has 0 fully saturated rings. The van der Waals surface area contributed by atoms with Crippen LogP contribution >= 0.6 is 0 Å². The zero-order valence-electron chi connectivity index (χ0n) is 14.4. The molecule has 0 atom stereocenters. The third-order valence-corrected chi connectivity index (χ3v) is 4.28. The van der Waals surface area contributed by atoms with E-state index in [0.29, 0.717) is 12.1 Å². The van der Waals surface area contributed by atoms with Gasteiger partial charge in [0.25, 0.3) is 5.91 Å². The zero-order valence-corrected chi connectivity index (χ0v) is 14.4. The Hall–Kier alpha value is -2.89. The first kappa shape index (κ1) is 16.0. The first-order valence-electron chi connectivity index (χ1n) is 7.85. The summed E-state index contributed by atoms with van der Waals surface area (Å²) in [4.78, 5) is 12.5. The molecule has 1 amide bonds. The summed E-state index contributed by atoms with van der Waals surface area (Å²) in [7, 11) is 1.82. The monoisotopic (exact) mass is 323 g/mol. The second kappa shape index (κ2) is 6.31. The molecule has 0 bridgehead atoms. The van der Waals surface area contributed by atoms with Gasteiger partial charge in [-0.2, -0.15) is 10.2 Å². The van der Waals surface area contributed by atoms with Crippen LogP contribution in [-0.2, 0) is 13.6 Å². The van der Waals surface area contributed by atoms with Crippen LogP contribution in [0.3, 0.4) is 0 Å². The summed E-state index contributed by atoms with van der Waals surface area (Å²) < 4.78 is 3.60. The number of benzene rings is 1. The molecule has 0 aliphatic rings. The second-order valence-electron chi connectivity index (χ2n) is 5.91. The quantitative estimate of drug-likeness (QED) is 0.803. The van der Waals surface area contributed by atoms with Crippen molar-refractivity contribution in [1.82, 2.24) is 19.6 Å². The van der Waals surface area contributed by atoms with Crippen molar-refractivity contribution >= 4 is 11.6 Å². The molecule has 2 aromatic heterocycles. The van der Waals surface area contributed by atoms with Gasteiger partial charge in [-0.05, 0) is 26.3 Å². The predicted molar refractivity (Wildman–Crippen MR) is 93.1 cm³/mol. The number of aromatic nitrogens is 4. The molecule has 24 heavy (non-hydrogen) atoms. The van der Waals surface area contributed by atoms with E-state index in [1.54, 1.807) is 10.9 Å². The summed E-state index contributed by atoms with van der Waals surface area (Å²) >= 11 is 0. The lowest BCUT2D eigenvalue weighted by atomic mass is 10.2. The van der Waals surface area contributed by atoms with Gasteiger partial charge in [-0.1, -0.05) is 30.3 Å². The van der Waals surface area contributed by atoms with E-state index in [1.807, 2.05) is 50.7 Å². The van der Waals surface area contributed by atoms with Gasteiger partial charge in [0.2, 0.25) is 0 Å². The molecule has 0 saturated carbocycles. The summed E-state index contributed by atoms with van der Waals surface area (Å²) in [5.41, 5.74) is 5.08. The molecule has 6 heteroatoms. The van der Waals surface area contributed by atoms with Crippen molar-refractivity contribution in [2.75, 3.05) is 5.32 Å². The van der Waals surface area contributed by atoms with E-state index >= 15 is 0 Å². The molecule has 1 N–H and O–H groups in total. The summed E-state index contributed by atoms with van der Waals surface area (Å²) in [5.74, 6) is -0.161. The van der Waals surface area contributed by atoms with E-state index in [1.165, 1.54) is 5.56 Å². The van der Waals surface area contributed by atoms with Gasteiger partial charge in [0.1, 0.15) is 0 Å². The molecule has 0 radical (unpaired) electrons. The van der Waals surface area contributed by atoms with Crippen LogP contribution in [0.15, 0.2) is 36.5 Å². The number of carbonyl (C=O) groups excluding carboxylic acids is 1. The largest absolute Gasteiger partial charge is 0.319 e. The standard InChI is InChI=1S/C18H21N5O/c1-12-17(20-18(24)16-10-19-22(4)13(16)2)14(3)23(21-12)11-15-8-6-5-7-9-15/h5-10H,11H2,1-4H3,(H,20,24). The van der Waals surface area contributed by atoms with E-state index in [-0.39, 0.29) is 5.91 Å². The Morgan fingerprint density at radius 1 is 1.12 bits per heavy atom. The molecule has 124 valence electrons. The van der Waals surface area contributed by atoms with Gasteiger partial charge >= 0.3 is 0 Å². The van der Waals surface area contributed by atoms with Gasteiger partial charge in [0.15, 0.2) is 0 Å². The molecule has 6 nitrogen and oxygen atoms in total. The van der Waals surface area contributed by atoms with Crippen molar-refractivity contribution in [3.63, 3.8) is 0 Å². The van der Waals surface area contributed by atoms with Crippen molar-refractivity contribution in [3.8, 4) is 0 Å². The maximum absolute atomic E-state index is 12.5. The summed E-state index contributed by atoms with van der Waals surface area (Å²) in [6, 6.07) is 10.1. The van der Waals surface area contributed by atoms with Crippen LogP contribution in [0, 0.1) is 20.8 Å². The SMILES string of the molecule is Cc1nn(Cc2ccccc2)c(C)c1NC(=O)c1cnn(C)c1C. The molecular formula is C18H21N5O. The molecule has 0 aliphatic heterocycles. The molecule has 0 saturated heterocycles. The number of carbonyl (C=O) groups is 1. The Morgan fingerprint density at radius 3 is 2.46 bits per heavy atom. The molecule has 3 rings (SSSR count). The average molecular weight is 323 g/mol. The number of hydrogen-bond donors (Lipinski definition) is 1. The fraction of sp³-hybridized carbons (Fsp3) is 0.278. The fourth-order valence-electron chi connectivity index (χ4n) is 2.69. The minimum absolute atomic E-state index is 0.161. The Kier molecular flexibility index (Phi) is 4.20. The summed E-state index contributed by atoms with van der Waals surface area (Å²) in [6.07, 6.45) is 1.59. The van der Waals surface area contributed by atoms with E-state index in [9.17, 15) is 4.79 Å². The molecule has 0 unspecified atom stereocenters. The van der Waals surface area contributed by atoms with E-state index in [0.717, 1.165) is 22.8 Å². The van der Waals surface area contributed by atoms with Crippen LogP contribution in [0.25, 0.3) is 0 Å². The highest BCUT2D eigenvalue weighted by atomic mass is 16.1. The van der Waals surface area contributed by atoms with Gasteiger partial charge in [0.05, 0.1) is 35.4 Å². The second-order valence-corrected chi connectivity index (χ2v) is 5.91. The van der Waals surface area contributed by atoms with Crippen molar-refractivity contribution < 1.29 is 4.79 Å². The first-order chi connectivity index (χ1) is 11.5. The third kappa shape index (κ3) is 2.95. The highest BCUT2D eigenvalue weighted by Gasteiger charge is 2.18. The molecule has 0 aliphatic carbocycles. The van der Waals surface area contributed by atoms with E-state index < -0.39 is 0 Å². The number of rotatable bonds is 4. The van der Waals surface area contributed by atoms with Crippen LogP contribution < -0.4 is 5.32 Å². The maximum atomic E-state index is 12.5. The number of nitrogens with zero attached hydrogens (tertiary/aromatic N) is 4. The lowest BCUT2D eigenvalue weighted by Crippen LogP contribution is -2.14. The Morgan fingerprint density at radius 2 is 1.83 bits per heavy atom. The normalized spacial score (nSPS) is 10.8. The first-order valence-corrected chi connectivity index (χ1v) is 7.85. The van der Waals surface area contributed by atoms with Crippen LogP contribution in [-0.4, -0.2) is 25.5 Å². The molecule has 1 aromatic carbocycles. The van der Waals surface area contributed by atoms with Gasteiger partial charge < -0.3 is 5.32 Å². The van der Waals surface area contributed by atoms with Crippen molar-refractivity contribution in [2.45, 2.75) is 27.3 Å². The lowest BCUT2D eigenvalue weighted by Gasteiger charge is -2.07. The van der Waals surface area contributed by atoms with Crippen molar-refractivity contribution in [1.29, 1.82) is 0 Å². The van der Waals surface area contributed by atoms with Crippen molar-refractivity contribution in [2.24, 2.45) is 7.05 Å². The number of aryl methyl sites for hydroxylation is 2. The minimum atomic E-state index is -0.161. The van der Waals surface area contributed by atoms with Gasteiger partial charge in [-0.3, -0.25) is 14.2 Å². The van der Waals surface area contributed by atoms with Crippen LogP contribution in [0.1, 0.15) is 33.0 Å². The van der Waals surface area contributed by atoms with Gasteiger partial charge in [0, 0.05) is 12.7 Å². The number of hydrogen-bond acceptors (Lipinski definition) is 3. The molecule has 2 heterocycles. The van der Waals surface area contributed by atoms with Crippen molar-refractivity contribution in [3.05, 3.63) is 64.7 Å². The summed E-state index contributed by atoms with van der Waals surface area (Å²) in [6.45, 7) is 6.42. The Balaban J connectivity index is 1.84. The Bertz CT molecular complexity index is 876. The zero-order chi connectivity index (χ0) is 17.3. The highest BCUT2D eigenvalue weighted by Crippen LogP contribution is 2.21. The predicted octanol–water partition coefficient (Wildman–Crippen LogP) is 2.84. The van der Waals surface area contributed by atoms with Gasteiger partial charge in [-0.15, -0.1) is 0 Å². The topological polar surface area (TPSA) is 64.7 Å². The third-order valence-electron chi connectivity index (χ3n) is 4.28. The number of anilines is 1. The lowest BCUT2D eigenvalue weighted by molar-refractivity contribution is 0.102.